The molecule has 0 spiro atoms. The van der Waals surface area contributed by atoms with Crippen molar-refractivity contribution in [2.75, 3.05) is 13.0 Å². The fourth-order valence-electron chi connectivity index (χ4n) is 8.21. The van der Waals surface area contributed by atoms with Gasteiger partial charge < -0.3 is 14.6 Å². The molecule has 0 aliphatic heterocycles. The molecule has 204 valence electrons. The van der Waals surface area contributed by atoms with Crippen molar-refractivity contribution >= 4 is 35.1 Å². The van der Waals surface area contributed by atoms with Crippen molar-refractivity contribution in [2.24, 2.45) is 28.6 Å². The van der Waals surface area contributed by atoms with Crippen LogP contribution in [0.4, 0.5) is 4.39 Å². The van der Waals surface area contributed by atoms with Gasteiger partial charge >= 0.3 is 11.9 Å². The number of carbonyl (C=O) groups is 4. The average Bonchev–Trinajstić information content (AvgIpc) is 3.06. The number of methoxy groups -OCH3 is 1. The topological polar surface area (TPSA) is 107 Å². The van der Waals surface area contributed by atoms with Gasteiger partial charge in [-0.05, 0) is 57.1 Å². The number of alkyl halides is 2. The minimum atomic E-state index is -2.05. The van der Waals surface area contributed by atoms with E-state index in [-0.39, 0.29) is 43.3 Å². The molecule has 0 aromatic carbocycles. The fourth-order valence-corrected chi connectivity index (χ4v) is 8.41. The van der Waals surface area contributed by atoms with E-state index in [9.17, 15) is 24.3 Å². The summed E-state index contributed by atoms with van der Waals surface area (Å²) < 4.78 is 28.0. The molecule has 4 rings (SSSR count). The van der Waals surface area contributed by atoms with Crippen LogP contribution in [0.2, 0.25) is 0 Å². The number of hydrogen-bond acceptors (Lipinski definition) is 7. The first-order chi connectivity index (χ1) is 17.3. The third-order valence-electron chi connectivity index (χ3n) is 9.98. The molecule has 0 bridgehead atoms. The molecule has 0 saturated heterocycles. The van der Waals surface area contributed by atoms with Crippen molar-refractivity contribution < 1.29 is 38.1 Å². The zero-order valence-electron chi connectivity index (χ0n) is 21.9. The number of Topliss-reactive ketones (excluding diaryl/α,β-unsaturated/α-hetero) is 1. The highest BCUT2D eigenvalue weighted by molar-refractivity contribution is 6.29. The molecule has 3 saturated carbocycles. The lowest BCUT2D eigenvalue weighted by Gasteiger charge is -2.62. The molecule has 7 nitrogen and oxygen atoms in total. The first-order valence-electron chi connectivity index (χ1n) is 13.0. The summed E-state index contributed by atoms with van der Waals surface area (Å²) in [6.45, 7) is 5.36. The summed E-state index contributed by atoms with van der Waals surface area (Å²) in [5, 5.41) is 11.5. The van der Waals surface area contributed by atoms with E-state index in [0.29, 0.717) is 24.8 Å². The van der Waals surface area contributed by atoms with Crippen LogP contribution >= 0.6 is 11.6 Å². The van der Waals surface area contributed by atoms with E-state index in [0.717, 1.165) is 0 Å². The Kier molecular flexibility index (Phi) is 7.25. The summed E-state index contributed by atoms with van der Waals surface area (Å²) in [6.07, 6.45) is 4.33. The average molecular weight is 539 g/mol. The Morgan fingerprint density at radius 1 is 1.19 bits per heavy atom. The van der Waals surface area contributed by atoms with Crippen LogP contribution in [0.3, 0.4) is 0 Å². The lowest BCUT2D eigenvalue weighted by Crippen LogP contribution is -2.70. The molecule has 4 unspecified atom stereocenters. The Balaban J connectivity index is 1.71. The number of ketones is 2. The number of hydrogen-bond donors (Lipinski definition) is 1. The van der Waals surface area contributed by atoms with E-state index in [4.69, 9.17) is 16.3 Å². The molecule has 0 aromatic heterocycles. The van der Waals surface area contributed by atoms with Gasteiger partial charge in [0, 0.05) is 35.5 Å². The molecule has 0 aromatic rings. The normalized spacial score (nSPS) is 42.2. The van der Waals surface area contributed by atoms with Crippen molar-refractivity contribution in [1.29, 1.82) is 0 Å². The van der Waals surface area contributed by atoms with Gasteiger partial charge in [-0.3, -0.25) is 19.2 Å². The maximum absolute atomic E-state index is 17.4. The van der Waals surface area contributed by atoms with Crippen molar-refractivity contribution in [3.63, 3.8) is 0 Å². The van der Waals surface area contributed by atoms with E-state index >= 15 is 4.39 Å². The zero-order valence-corrected chi connectivity index (χ0v) is 22.6. The van der Waals surface area contributed by atoms with E-state index in [1.165, 1.54) is 19.3 Å². The molecule has 4 aliphatic carbocycles. The predicted molar refractivity (Wildman–Crippen MR) is 133 cm³/mol. The number of rotatable bonds is 7. The van der Waals surface area contributed by atoms with Gasteiger partial charge in [-0.15, -0.1) is 11.6 Å². The molecule has 3 fully saturated rings. The number of ether oxygens (including phenoxy) is 2. The number of carbonyl (C=O) groups excluding carboxylic acids is 4. The summed E-state index contributed by atoms with van der Waals surface area (Å²) >= 11 is 6.07. The van der Waals surface area contributed by atoms with Gasteiger partial charge in [-0.1, -0.05) is 25.5 Å². The van der Waals surface area contributed by atoms with Crippen molar-refractivity contribution in [3.8, 4) is 0 Å². The first-order valence-corrected chi connectivity index (χ1v) is 13.5. The minimum Gasteiger partial charge on any atom is -0.469 e. The second-order valence-electron chi connectivity index (χ2n) is 11.6. The largest absolute Gasteiger partial charge is 0.469 e. The highest BCUT2D eigenvalue weighted by Gasteiger charge is 2.77. The smallest absolute Gasteiger partial charge is 0.306 e. The van der Waals surface area contributed by atoms with Crippen LogP contribution in [0.1, 0.15) is 65.7 Å². The molecular weight excluding hydrogens is 503 g/mol. The first kappa shape index (κ1) is 28.0. The monoisotopic (exact) mass is 538 g/mol. The molecule has 9 heteroatoms. The standard InChI is InChI=1S/C28H36ClFO7/c1-16-12-20-19-9-8-17-13-18(31)10-11-25(17,2)27(19,30)21(32)14-26(20,3)28(16,22(33)15-29)37-24(35)7-5-6-23(34)36-4/h10-11,13,16,19-21,32H,5-9,12,14-15H2,1-4H3/t16-,19?,20?,21-,25?,26?,27-,28-/m0/s1. The van der Waals surface area contributed by atoms with Crippen LogP contribution in [0, 0.1) is 28.6 Å². The highest BCUT2D eigenvalue weighted by atomic mass is 35.5. The summed E-state index contributed by atoms with van der Waals surface area (Å²) in [4.78, 5) is 50.0. The molecule has 4 aliphatic rings. The molecule has 0 amide bonds. The molecule has 8 atom stereocenters. The van der Waals surface area contributed by atoms with E-state index in [1.54, 1.807) is 13.0 Å². The number of aliphatic hydroxyl groups excluding tert-OH is 1. The predicted octanol–water partition coefficient (Wildman–Crippen LogP) is 4.04. The van der Waals surface area contributed by atoms with E-state index in [1.807, 2.05) is 13.8 Å². The fraction of sp³-hybridized carbons (Fsp3) is 0.714. The minimum absolute atomic E-state index is 0.0348. The quantitative estimate of drug-likeness (QED) is 0.385. The highest BCUT2D eigenvalue weighted by Crippen LogP contribution is 2.71. The Morgan fingerprint density at radius 3 is 2.51 bits per heavy atom. The Labute approximate surface area is 221 Å². The lowest BCUT2D eigenvalue weighted by molar-refractivity contribution is -0.227. The molecular formula is C28H36ClFO7. The molecule has 0 heterocycles. The van der Waals surface area contributed by atoms with Gasteiger partial charge in [-0.2, -0.15) is 0 Å². The van der Waals surface area contributed by atoms with Gasteiger partial charge in [0.25, 0.3) is 0 Å². The Bertz CT molecular complexity index is 1070. The van der Waals surface area contributed by atoms with Crippen LogP contribution in [0.15, 0.2) is 23.8 Å². The number of allylic oxidation sites excluding steroid dienone is 4. The molecule has 0 radical (unpaired) electrons. The zero-order chi connectivity index (χ0) is 27.4. The maximum atomic E-state index is 17.4. The van der Waals surface area contributed by atoms with Crippen LogP contribution in [0.25, 0.3) is 0 Å². The van der Waals surface area contributed by atoms with Gasteiger partial charge in [0.1, 0.15) is 0 Å². The maximum Gasteiger partial charge on any atom is 0.306 e. The van der Waals surface area contributed by atoms with Crippen LogP contribution in [-0.4, -0.2) is 59.0 Å². The van der Waals surface area contributed by atoms with Crippen LogP contribution in [0.5, 0.6) is 0 Å². The van der Waals surface area contributed by atoms with Crippen molar-refractivity contribution in [1.82, 2.24) is 0 Å². The SMILES string of the molecule is COC(=O)CCCC(=O)O[C@]1(C(=O)CCl)[C@@H](C)CC2C3CCC4=CC(=O)C=CC4(C)[C@@]3(F)[C@@H](O)CC21C. The number of halogens is 2. The summed E-state index contributed by atoms with van der Waals surface area (Å²) in [5.41, 5.74) is -5.21. The van der Waals surface area contributed by atoms with E-state index in [2.05, 4.69) is 4.74 Å². The van der Waals surface area contributed by atoms with E-state index < -0.39 is 57.8 Å². The number of aliphatic hydroxyl groups is 1. The summed E-state index contributed by atoms with van der Waals surface area (Å²) in [5.74, 6) is -3.57. The second kappa shape index (κ2) is 9.60. The summed E-state index contributed by atoms with van der Waals surface area (Å²) in [7, 11) is 1.26. The second-order valence-corrected chi connectivity index (χ2v) is 11.9. The number of esters is 2. The number of fused-ring (bicyclic) bond motifs is 5. The van der Waals surface area contributed by atoms with Gasteiger partial charge in [0.15, 0.2) is 22.8 Å². The Morgan fingerprint density at radius 2 is 1.86 bits per heavy atom. The van der Waals surface area contributed by atoms with Crippen LogP contribution < -0.4 is 0 Å². The Hall–Kier alpha value is -2.06. The molecule has 1 N–H and O–H groups in total. The third-order valence-corrected chi connectivity index (χ3v) is 10.2. The third kappa shape index (κ3) is 3.84. The van der Waals surface area contributed by atoms with Gasteiger partial charge in [0.2, 0.25) is 0 Å². The molecule has 37 heavy (non-hydrogen) atoms. The van der Waals surface area contributed by atoms with Gasteiger partial charge in [0.05, 0.1) is 19.1 Å². The van der Waals surface area contributed by atoms with Crippen molar-refractivity contribution in [3.05, 3.63) is 23.8 Å². The van der Waals surface area contributed by atoms with Crippen molar-refractivity contribution in [2.45, 2.75) is 83.1 Å². The lowest BCUT2D eigenvalue weighted by atomic mass is 9.44. The van der Waals surface area contributed by atoms with Gasteiger partial charge in [-0.25, -0.2) is 4.39 Å². The summed E-state index contributed by atoms with van der Waals surface area (Å²) in [6, 6.07) is 0. The van der Waals surface area contributed by atoms with Crippen LogP contribution in [-0.2, 0) is 28.7 Å².